The molecule has 2 saturated carbocycles. The maximum absolute atomic E-state index is 13.5. The molecule has 8 atom stereocenters. The number of furan rings is 1. The maximum atomic E-state index is 13.5. The molecule has 0 radical (unpaired) electrons. The van der Waals surface area contributed by atoms with Crippen molar-refractivity contribution in [1.29, 1.82) is 0 Å². The van der Waals surface area contributed by atoms with Crippen LogP contribution in [0.3, 0.4) is 0 Å². The number of hydrogen-bond acceptors (Lipinski definition) is 8. The van der Waals surface area contributed by atoms with Crippen molar-refractivity contribution >= 4 is 11.9 Å². The molecule has 3 heterocycles. The molecule has 4 fully saturated rings. The highest BCUT2D eigenvalue weighted by Crippen LogP contribution is 2.70. The molecule has 5 rings (SSSR count). The van der Waals surface area contributed by atoms with Gasteiger partial charge in [0.05, 0.1) is 42.2 Å². The summed E-state index contributed by atoms with van der Waals surface area (Å²) in [5.41, 5.74) is -2.13. The third-order valence-electron chi connectivity index (χ3n) is 8.39. The second-order valence-electron chi connectivity index (χ2n) is 9.49. The largest absolute Gasteiger partial charge is 0.472 e. The van der Waals surface area contributed by atoms with Crippen LogP contribution in [0.1, 0.15) is 51.2 Å². The van der Waals surface area contributed by atoms with E-state index in [1.807, 2.05) is 6.92 Å². The van der Waals surface area contributed by atoms with Crippen LogP contribution < -0.4 is 0 Å². The number of aliphatic hydroxyl groups is 2. The molecule has 4 aliphatic rings. The van der Waals surface area contributed by atoms with Gasteiger partial charge in [-0.05, 0) is 37.2 Å². The number of carbonyl (C=O) groups excluding carboxylic acids is 2. The number of epoxide rings is 1. The molecule has 2 N–H and O–H groups in total. The molecule has 0 aromatic carbocycles. The number of cyclic esters (lactones) is 1. The van der Waals surface area contributed by atoms with E-state index in [0.29, 0.717) is 25.7 Å². The predicted octanol–water partition coefficient (Wildman–Crippen LogP) is 1.74. The summed E-state index contributed by atoms with van der Waals surface area (Å²) in [5.74, 6) is -1.25. The fourth-order valence-corrected chi connectivity index (χ4v) is 6.83. The van der Waals surface area contributed by atoms with Gasteiger partial charge in [0.2, 0.25) is 0 Å². The van der Waals surface area contributed by atoms with Crippen molar-refractivity contribution < 1.29 is 38.4 Å². The number of esters is 2. The number of hydrogen-bond donors (Lipinski definition) is 2. The summed E-state index contributed by atoms with van der Waals surface area (Å²) in [7, 11) is 0. The summed E-state index contributed by atoms with van der Waals surface area (Å²) in [4.78, 5) is 25.2. The van der Waals surface area contributed by atoms with E-state index < -0.39 is 40.7 Å². The minimum absolute atomic E-state index is 0.0939. The third kappa shape index (κ3) is 2.38. The lowest BCUT2D eigenvalue weighted by atomic mass is 9.42. The maximum Gasteiger partial charge on any atom is 0.313 e. The van der Waals surface area contributed by atoms with Crippen LogP contribution >= 0.6 is 0 Å². The standard InChI is InChI=1S/C22H28O8/c1-12-7-18(25)21(10-28-13(2)23)16(3-4-17(24)22(21)11-29-22)20(12)8-15(30-19(20)26)14-5-6-27-9-14/h5-6,9,12,15-18,24-25H,3-4,7-8,10-11H2,1-2H3/t12-,15+,16-,17+,18-,20-,21+,22-/m1/s1. The van der Waals surface area contributed by atoms with Crippen LogP contribution in [0.5, 0.6) is 0 Å². The average Bonchev–Trinajstić information content (AvgIpc) is 3.16. The number of aliphatic hydroxyl groups excluding tert-OH is 2. The van der Waals surface area contributed by atoms with E-state index in [2.05, 4.69) is 0 Å². The normalized spacial score (nSPS) is 47.2. The van der Waals surface area contributed by atoms with Gasteiger partial charge in [0.1, 0.15) is 18.3 Å². The predicted molar refractivity (Wildman–Crippen MR) is 101 cm³/mol. The minimum Gasteiger partial charge on any atom is -0.472 e. The van der Waals surface area contributed by atoms with Crippen molar-refractivity contribution in [2.24, 2.45) is 22.7 Å². The van der Waals surface area contributed by atoms with Gasteiger partial charge in [0.25, 0.3) is 0 Å². The van der Waals surface area contributed by atoms with Gasteiger partial charge in [-0.3, -0.25) is 9.59 Å². The third-order valence-corrected chi connectivity index (χ3v) is 8.39. The summed E-state index contributed by atoms with van der Waals surface area (Å²) < 4.78 is 22.3. The molecule has 2 saturated heterocycles. The van der Waals surface area contributed by atoms with Gasteiger partial charge in [0.15, 0.2) is 0 Å². The topological polar surface area (TPSA) is 119 Å². The van der Waals surface area contributed by atoms with Crippen LogP contribution in [-0.2, 0) is 23.8 Å². The SMILES string of the molecule is CC(=O)OC[C@@]12[C@H](O)C[C@@H](C)[C@]3(C[C@@H](c4ccoc4)OC3=O)[C@H]1CC[C@H](O)[C@]21CO1. The van der Waals surface area contributed by atoms with Gasteiger partial charge in [-0.15, -0.1) is 0 Å². The zero-order valence-electron chi connectivity index (χ0n) is 17.2. The summed E-state index contributed by atoms with van der Waals surface area (Å²) in [6.45, 7) is 3.47. The first kappa shape index (κ1) is 20.0. The Morgan fingerprint density at radius 3 is 2.70 bits per heavy atom. The Bertz CT molecular complexity index is 845. The first-order valence-electron chi connectivity index (χ1n) is 10.6. The van der Waals surface area contributed by atoms with Crippen LogP contribution in [0.4, 0.5) is 0 Å². The Hall–Kier alpha value is -1.90. The fraction of sp³-hybridized carbons (Fsp3) is 0.727. The molecule has 30 heavy (non-hydrogen) atoms. The second-order valence-corrected chi connectivity index (χ2v) is 9.49. The van der Waals surface area contributed by atoms with Crippen LogP contribution in [-0.4, -0.2) is 53.2 Å². The second kappa shape index (κ2) is 6.55. The zero-order chi connectivity index (χ0) is 21.3. The molecule has 1 aromatic heterocycles. The van der Waals surface area contributed by atoms with E-state index in [4.69, 9.17) is 18.6 Å². The Morgan fingerprint density at radius 2 is 2.07 bits per heavy atom. The average molecular weight is 420 g/mol. The molecule has 1 aromatic rings. The van der Waals surface area contributed by atoms with Gasteiger partial charge < -0.3 is 28.8 Å². The highest BCUT2D eigenvalue weighted by Gasteiger charge is 2.79. The molecular formula is C22H28O8. The van der Waals surface area contributed by atoms with Crippen LogP contribution in [0, 0.1) is 22.7 Å². The van der Waals surface area contributed by atoms with Gasteiger partial charge in [0, 0.05) is 18.9 Å². The van der Waals surface area contributed by atoms with Crippen molar-refractivity contribution in [1.82, 2.24) is 0 Å². The smallest absolute Gasteiger partial charge is 0.313 e. The molecular weight excluding hydrogens is 392 g/mol. The number of fused-ring (bicyclic) bond motifs is 3. The Labute approximate surface area is 174 Å². The molecule has 2 spiro atoms. The molecule has 8 heteroatoms. The van der Waals surface area contributed by atoms with Crippen molar-refractivity contribution in [3.05, 3.63) is 24.2 Å². The Kier molecular flexibility index (Phi) is 4.37. The van der Waals surface area contributed by atoms with Gasteiger partial charge in [-0.2, -0.15) is 0 Å². The number of ether oxygens (including phenoxy) is 3. The van der Waals surface area contributed by atoms with E-state index in [9.17, 15) is 19.8 Å². The van der Waals surface area contributed by atoms with E-state index >= 15 is 0 Å². The minimum atomic E-state index is -1.06. The van der Waals surface area contributed by atoms with Crippen molar-refractivity contribution in [2.45, 2.75) is 63.4 Å². The lowest BCUT2D eigenvalue weighted by Gasteiger charge is -2.61. The molecule has 0 amide bonds. The molecule has 2 aliphatic carbocycles. The number of carbonyl (C=O) groups is 2. The first-order chi connectivity index (χ1) is 14.3. The van der Waals surface area contributed by atoms with Crippen LogP contribution in [0.15, 0.2) is 23.0 Å². The van der Waals surface area contributed by atoms with Gasteiger partial charge >= 0.3 is 11.9 Å². The van der Waals surface area contributed by atoms with Crippen molar-refractivity contribution in [3.63, 3.8) is 0 Å². The Morgan fingerprint density at radius 1 is 1.30 bits per heavy atom. The lowest BCUT2D eigenvalue weighted by molar-refractivity contribution is -0.237. The molecule has 8 nitrogen and oxygen atoms in total. The summed E-state index contributed by atoms with van der Waals surface area (Å²) in [6.07, 6.45) is 2.81. The Balaban J connectivity index is 1.61. The first-order valence-corrected chi connectivity index (χ1v) is 10.6. The van der Waals surface area contributed by atoms with Gasteiger partial charge in [-0.1, -0.05) is 6.92 Å². The van der Waals surface area contributed by atoms with E-state index in [1.165, 1.54) is 6.92 Å². The monoisotopic (exact) mass is 420 g/mol. The molecule has 164 valence electrons. The number of rotatable bonds is 3. The highest BCUT2D eigenvalue weighted by atomic mass is 16.6. The summed E-state index contributed by atoms with van der Waals surface area (Å²) in [6, 6.07) is 1.79. The summed E-state index contributed by atoms with van der Waals surface area (Å²) in [5, 5.41) is 22.2. The lowest BCUT2D eigenvalue weighted by Crippen LogP contribution is -2.70. The fourth-order valence-electron chi connectivity index (χ4n) is 6.83. The van der Waals surface area contributed by atoms with Crippen LogP contribution in [0.25, 0.3) is 0 Å². The van der Waals surface area contributed by atoms with E-state index in [0.717, 1.165) is 5.56 Å². The van der Waals surface area contributed by atoms with Crippen LogP contribution in [0.2, 0.25) is 0 Å². The van der Waals surface area contributed by atoms with E-state index in [-0.39, 0.29) is 31.0 Å². The molecule has 2 aliphatic heterocycles. The zero-order valence-corrected chi connectivity index (χ0v) is 17.2. The van der Waals surface area contributed by atoms with Gasteiger partial charge in [-0.25, -0.2) is 0 Å². The van der Waals surface area contributed by atoms with E-state index in [1.54, 1.807) is 18.6 Å². The molecule has 0 bridgehead atoms. The summed E-state index contributed by atoms with van der Waals surface area (Å²) >= 11 is 0. The van der Waals surface area contributed by atoms with Crippen molar-refractivity contribution in [3.8, 4) is 0 Å². The quantitative estimate of drug-likeness (QED) is 0.561. The molecule has 0 unspecified atom stereocenters. The highest BCUT2D eigenvalue weighted by molar-refractivity contribution is 5.81. The van der Waals surface area contributed by atoms with Crippen molar-refractivity contribution in [2.75, 3.05) is 13.2 Å².